The molecule has 4 rings (SSSR count). The number of para-hydroxylation sites is 2. The summed E-state index contributed by atoms with van der Waals surface area (Å²) in [5.41, 5.74) is 3.11. The van der Waals surface area contributed by atoms with Crippen LogP contribution in [-0.4, -0.2) is 46.8 Å². The molecular formula is C22H27N5O. The van der Waals surface area contributed by atoms with Crippen LogP contribution >= 0.6 is 0 Å². The average Bonchev–Trinajstić information content (AvgIpc) is 3.05. The maximum atomic E-state index is 12.6. The lowest BCUT2D eigenvalue weighted by molar-refractivity contribution is 0.101. The molecule has 0 unspecified atom stereocenters. The van der Waals surface area contributed by atoms with Crippen LogP contribution in [0.25, 0.3) is 0 Å². The number of aryl methyl sites for hydroxylation is 1. The smallest absolute Gasteiger partial charge is 0.276 e. The van der Waals surface area contributed by atoms with Crippen molar-refractivity contribution in [3.63, 3.8) is 0 Å². The third kappa shape index (κ3) is 3.90. The molecule has 1 aromatic heterocycles. The first-order valence-electron chi connectivity index (χ1n) is 10.1. The van der Waals surface area contributed by atoms with Gasteiger partial charge in [0, 0.05) is 13.5 Å². The lowest BCUT2D eigenvalue weighted by Gasteiger charge is -2.25. The number of likely N-dealkylation sites (tertiary alicyclic amines) is 1. The van der Waals surface area contributed by atoms with Gasteiger partial charge in [-0.1, -0.05) is 24.5 Å². The normalized spacial score (nSPS) is 16.5. The summed E-state index contributed by atoms with van der Waals surface area (Å²) in [6.45, 7) is 4.16. The molecule has 2 aliphatic rings. The van der Waals surface area contributed by atoms with Gasteiger partial charge in [0.1, 0.15) is 5.69 Å². The zero-order valence-corrected chi connectivity index (χ0v) is 16.4. The second-order valence-corrected chi connectivity index (χ2v) is 7.42. The van der Waals surface area contributed by atoms with Gasteiger partial charge >= 0.3 is 0 Å². The van der Waals surface area contributed by atoms with Crippen molar-refractivity contribution in [2.24, 2.45) is 7.05 Å². The summed E-state index contributed by atoms with van der Waals surface area (Å²) in [7, 11) is 1.79. The van der Waals surface area contributed by atoms with E-state index in [1.54, 1.807) is 17.9 Å². The number of unbranched alkanes of at least 4 members (excludes halogenated alkanes) is 1. The highest BCUT2D eigenvalue weighted by Gasteiger charge is 2.27. The fourth-order valence-electron chi connectivity index (χ4n) is 3.98. The Balaban J connectivity index is 1.45. The summed E-state index contributed by atoms with van der Waals surface area (Å²) in [4.78, 5) is 17.2. The van der Waals surface area contributed by atoms with Crippen molar-refractivity contribution in [3.05, 3.63) is 36.2 Å². The van der Waals surface area contributed by atoms with E-state index in [4.69, 9.17) is 0 Å². The van der Waals surface area contributed by atoms with Crippen LogP contribution in [0, 0.1) is 11.8 Å². The molecule has 0 radical (unpaired) electrons. The highest BCUT2D eigenvalue weighted by Crippen LogP contribution is 2.36. The first kappa shape index (κ1) is 18.6. The quantitative estimate of drug-likeness (QED) is 0.655. The van der Waals surface area contributed by atoms with Crippen LogP contribution in [0.4, 0.5) is 17.1 Å². The Morgan fingerprint density at radius 3 is 2.79 bits per heavy atom. The van der Waals surface area contributed by atoms with Crippen molar-refractivity contribution in [1.82, 2.24) is 14.7 Å². The Bertz CT molecular complexity index is 901. The minimum absolute atomic E-state index is 0.139. The number of fused-ring (bicyclic) bond motifs is 2. The van der Waals surface area contributed by atoms with Gasteiger partial charge in [0.15, 0.2) is 0 Å². The van der Waals surface area contributed by atoms with Crippen molar-refractivity contribution in [3.8, 4) is 11.8 Å². The molecule has 146 valence electrons. The molecule has 0 spiro atoms. The molecule has 6 nitrogen and oxygen atoms in total. The summed E-state index contributed by atoms with van der Waals surface area (Å²) in [6, 6.07) is 7.84. The Kier molecular flexibility index (Phi) is 5.63. The highest BCUT2D eigenvalue weighted by atomic mass is 16.2. The first-order valence-corrected chi connectivity index (χ1v) is 10.1. The molecule has 1 aromatic carbocycles. The van der Waals surface area contributed by atoms with E-state index in [1.165, 1.54) is 32.4 Å². The number of nitrogens with one attached hydrogen (secondary N) is 1. The maximum absolute atomic E-state index is 12.6. The molecule has 2 aromatic rings. The Labute approximate surface area is 166 Å². The molecule has 0 aliphatic carbocycles. The molecule has 1 fully saturated rings. The predicted octanol–water partition coefficient (Wildman–Crippen LogP) is 3.39. The minimum Gasteiger partial charge on any atom is -0.325 e. The van der Waals surface area contributed by atoms with E-state index in [0.717, 1.165) is 36.4 Å². The summed E-state index contributed by atoms with van der Waals surface area (Å²) < 4.78 is 1.62. The zero-order valence-electron chi connectivity index (χ0n) is 16.4. The lowest BCUT2D eigenvalue weighted by Crippen LogP contribution is -2.30. The number of hydrogen-bond acceptors (Lipinski definition) is 4. The summed E-state index contributed by atoms with van der Waals surface area (Å²) in [5, 5.41) is 7.27. The summed E-state index contributed by atoms with van der Waals surface area (Å²) >= 11 is 0. The van der Waals surface area contributed by atoms with E-state index >= 15 is 0 Å². The van der Waals surface area contributed by atoms with Gasteiger partial charge < -0.3 is 15.1 Å². The third-order valence-electron chi connectivity index (χ3n) is 5.46. The molecule has 6 heteroatoms. The molecular weight excluding hydrogens is 350 g/mol. The number of aromatic nitrogens is 2. The molecule has 1 amide bonds. The molecule has 0 bridgehead atoms. The van der Waals surface area contributed by atoms with E-state index in [-0.39, 0.29) is 5.91 Å². The standard InChI is InChI=1S/C22H27N5O/c1-25-21-20(17-23-25)27(19-12-6-5-11-18(19)24-22(21)28)16-10-3-2-7-13-26-14-8-4-9-15-26/h5-6,11-12,17H,2,4,7-9,13-16H2,1H3,(H,24,28). The molecule has 28 heavy (non-hydrogen) atoms. The molecule has 2 aliphatic heterocycles. The molecule has 0 atom stereocenters. The fourth-order valence-corrected chi connectivity index (χ4v) is 3.98. The van der Waals surface area contributed by atoms with Crippen LogP contribution in [0.15, 0.2) is 30.5 Å². The van der Waals surface area contributed by atoms with E-state index in [9.17, 15) is 4.79 Å². The van der Waals surface area contributed by atoms with Crippen molar-refractivity contribution in [2.75, 3.05) is 36.4 Å². The van der Waals surface area contributed by atoms with Crippen LogP contribution in [0.2, 0.25) is 0 Å². The highest BCUT2D eigenvalue weighted by molar-refractivity contribution is 6.11. The Morgan fingerprint density at radius 2 is 1.93 bits per heavy atom. The van der Waals surface area contributed by atoms with Gasteiger partial charge in [-0.2, -0.15) is 5.10 Å². The third-order valence-corrected chi connectivity index (χ3v) is 5.46. The summed E-state index contributed by atoms with van der Waals surface area (Å²) in [6.07, 6.45) is 7.81. The topological polar surface area (TPSA) is 53.4 Å². The Morgan fingerprint density at radius 1 is 1.11 bits per heavy atom. The van der Waals surface area contributed by atoms with Gasteiger partial charge in [-0.05, 0) is 51.0 Å². The molecule has 1 N–H and O–H groups in total. The van der Waals surface area contributed by atoms with Crippen LogP contribution in [0.5, 0.6) is 0 Å². The number of carbonyl (C=O) groups is 1. The summed E-state index contributed by atoms with van der Waals surface area (Å²) in [5.74, 6) is 6.49. The largest absolute Gasteiger partial charge is 0.325 e. The van der Waals surface area contributed by atoms with E-state index in [0.29, 0.717) is 12.2 Å². The first-order chi connectivity index (χ1) is 13.7. The number of anilines is 3. The number of hydrogen-bond donors (Lipinski definition) is 1. The van der Waals surface area contributed by atoms with Crippen molar-refractivity contribution < 1.29 is 4.79 Å². The van der Waals surface area contributed by atoms with Crippen LogP contribution < -0.4 is 10.2 Å². The van der Waals surface area contributed by atoms with Gasteiger partial charge in [-0.25, -0.2) is 0 Å². The van der Waals surface area contributed by atoms with E-state index in [2.05, 4.69) is 32.1 Å². The minimum atomic E-state index is -0.139. The van der Waals surface area contributed by atoms with Crippen molar-refractivity contribution in [1.29, 1.82) is 0 Å². The predicted molar refractivity (Wildman–Crippen MR) is 112 cm³/mol. The number of amides is 1. The van der Waals surface area contributed by atoms with Gasteiger partial charge in [0.05, 0.1) is 29.8 Å². The van der Waals surface area contributed by atoms with Crippen LogP contribution in [0.1, 0.15) is 42.6 Å². The molecule has 3 heterocycles. The van der Waals surface area contributed by atoms with Gasteiger partial charge in [-0.15, -0.1) is 5.92 Å². The second-order valence-electron chi connectivity index (χ2n) is 7.42. The number of piperidine rings is 1. The van der Waals surface area contributed by atoms with Crippen LogP contribution in [-0.2, 0) is 7.05 Å². The number of rotatable bonds is 4. The SMILES string of the molecule is Cn1ncc2c1C(=O)Nc1ccccc1N2CC#CCCCN1CCCCC1. The monoisotopic (exact) mass is 377 g/mol. The van der Waals surface area contributed by atoms with E-state index < -0.39 is 0 Å². The van der Waals surface area contributed by atoms with Crippen LogP contribution in [0.3, 0.4) is 0 Å². The number of benzene rings is 1. The fraction of sp³-hybridized carbons (Fsp3) is 0.455. The van der Waals surface area contributed by atoms with Gasteiger partial charge in [0.25, 0.3) is 5.91 Å². The van der Waals surface area contributed by atoms with Crippen molar-refractivity contribution >= 4 is 23.0 Å². The zero-order chi connectivity index (χ0) is 19.3. The average molecular weight is 377 g/mol. The number of nitrogens with zero attached hydrogens (tertiary/aromatic N) is 4. The molecule has 0 saturated carbocycles. The van der Waals surface area contributed by atoms with E-state index in [1.807, 2.05) is 24.3 Å². The lowest BCUT2D eigenvalue weighted by atomic mass is 10.1. The second kappa shape index (κ2) is 8.49. The van der Waals surface area contributed by atoms with Gasteiger partial charge in [-0.3, -0.25) is 9.48 Å². The molecule has 1 saturated heterocycles. The Hall–Kier alpha value is -2.78. The van der Waals surface area contributed by atoms with Crippen molar-refractivity contribution in [2.45, 2.75) is 32.1 Å². The van der Waals surface area contributed by atoms with Gasteiger partial charge in [0.2, 0.25) is 0 Å². The number of carbonyl (C=O) groups excluding carboxylic acids is 1. The maximum Gasteiger partial charge on any atom is 0.276 e.